The predicted octanol–water partition coefficient (Wildman–Crippen LogP) is 20.0. The van der Waals surface area contributed by atoms with E-state index >= 15 is 0 Å². The Morgan fingerprint density at radius 3 is 1.31 bits per heavy atom. The van der Waals surface area contributed by atoms with Gasteiger partial charge >= 0.3 is 0 Å². The zero-order chi connectivity index (χ0) is 49.3. The highest BCUT2D eigenvalue weighted by atomic mass is 32.2. The first-order valence-corrected chi connectivity index (χ1v) is 27.0. The molecule has 14 rings (SSSR count). The van der Waals surface area contributed by atoms with Crippen molar-refractivity contribution >= 4 is 79.5 Å². The van der Waals surface area contributed by atoms with Crippen LogP contribution in [0.4, 0.5) is 34.1 Å². The third-order valence-corrected chi connectivity index (χ3v) is 17.6. The van der Waals surface area contributed by atoms with Gasteiger partial charge in [-0.1, -0.05) is 195 Å². The first-order valence-electron chi connectivity index (χ1n) is 25.3. The lowest BCUT2D eigenvalue weighted by molar-refractivity contribution is 0.664. The van der Waals surface area contributed by atoms with Gasteiger partial charge in [0.1, 0.15) is 0 Å². The maximum absolute atomic E-state index is 2.59. The minimum atomic E-state index is -0.182. The number of hydrogen-bond donors (Lipinski definition) is 0. The molecule has 0 saturated carbocycles. The van der Waals surface area contributed by atoms with E-state index in [0.717, 1.165) is 45.4 Å². The molecule has 1 aliphatic heterocycles. The monoisotopic (exact) mass is 983 g/mol. The van der Waals surface area contributed by atoms with Gasteiger partial charge in [0.15, 0.2) is 0 Å². The van der Waals surface area contributed by atoms with E-state index in [9.17, 15) is 0 Å². The lowest BCUT2D eigenvalue weighted by atomic mass is 9.81. The van der Waals surface area contributed by atoms with Crippen molar-refractivity contribution in [1.29, 1.82) is 0 Å². The number of fused-ring (bicyclic) bond motifs is 10. The summed E-state index contributed by atoms with van der Waals surface area (Å²) in [5, 5.41) is 2.59. The summed E-state index contributed by atoms with van der Waals surface area (Å²) in [7, 11) is 0. The zero-order valence-corrected chi connectivity index (χ0v) is 42.6. The molecule has 12 aromatic rings. The molecule has 1 aromatic heterocycles. The maximum atomic E-state index is 2.59. The summed E-state index contributed by atoms with van der Waals surface area (Å²) in [5.74, 6) is 0. The summed E-state index contributed by atoms with van der Waals surface area (Å²) >= 11 is 3.79. The first kappa shape index (κ1) is 44.2. The van der Waals surface area contributed by atoms with Gasteiger partial charge in [-0.05, 0) is 148 Å². The Kier molecular flexibility index (Phi) is 10.7. The second-order valence-electron chi connectivity index (χ2n) is 19.7. The van der Waals surface area contributed by atoms with Crippen LogP contribution in [-0.2, 0) is 5.41 Å². The smallest absolute Gasteiger partial charge is 0.0692 e. The van der Waals surface area contributed by atoms with Crippen LogP contribution in [-0.4, -0.2) is 4.57 Å². The molecule has 1 aliphatic carbocycles. The van der Waals surface area contributed by atoms with Crippen LogP contribution in [0.5, 0.6) is 0 Å². The standard InChI is InChI=1S/C69H49N3S2/c1-69(2)61-23-13-12-22-57(61)58-42-43-59-60-44-45-64-68(74-63-25-15-14-24-62(63)73-64)67(60)72(66(59)65(58)69)56-36-30-49(31-37-56)48-28-34-53(35-29-48)71(52-32-26-47(27-33-52)46-16-6-3-7-17-46)55-40-38-54(39-41-55)70(50-18-8-4-9-19-50)51-20-10-5-11-21-51/h3-45H,1-2H3. The highest BCUT2D eigenvalue weighted by molar-refractivity contribution is 8.05. The summed E-state index contributed by atoms with van der Waals surface area (Å²) in [6.07, 6.45) is 0. The molecule has 3 nitrogen and oxygen atoms in total. The van der Waals surface area contributed by atoms with Crippen LogP contribution in [0.2, 0.25) is 0 Å². The molecule has 74 heavy (non-hydrogen) atoms. The van der Waals surface area contributed by atoms with Gasteiger partial charge in [0.25, 0.3) is 0 Å². The molecule has 0 saturated heterocycles. The Morgan fingerprint density at radius 2 is 0.743 bits per heavy atom. The molecule has 11 aromatic carbocycles. The van der Waals surface area contributed by atoms with Crippen molar-refractivity contribution in [2.24, 2.45) is 0 Å². The molecule has 0 fully saturated rings. The van der Waals surface area contributed by atoms with Gasteiger partial charge in [-0.2, -0.15) is 0 Å². The average Bonchev–Trinajstić information content (AvgIpc) is 4.02. The first-order chi connectivity index (χ1) is 36.5. The van der Waals surface area contributed by atoms with Crippen LogP contribution in [0.3, 0.4) is 0 Å². The summed E-state index contributed by atoms with van der Waals surface area (Å²) in [5.41, 5.74) is 20.3. The fourth-order valence-corrected chi connectivity index (χ4v) is 13.9. The van der Waals surface area contributed by atoms with E-state index < -0.39 is 0 Å². The zero-order valence-electron chi connectivity index (χ0n) is 41.0. The van der Waals surface area contributed by atoms with Crippen LogP contribution >= 0.6 is 23.5 Å². The van der Waals surface area contributed by atoms with Crippen LogP contribution in [0, 0.1) is 0 Å². The Morgan fingerprint density at radius 1 is 0.324 bits per heavy atom. The Bertz CT molecular complexity index is 4020. The lowest BCUT2D eigenvalue weighted by Gasteiger charge is -2.28. The molecular weight excluding hydrogens is 935 g/mol. The topological polar surface area (TPSA) is 11.4 Å². The van der Waals surface area contributed by atoms with Gasteiger partial charge in [-0.3, -0.25) is 0 Å². The summed E-state index contributed by atoms with van der Waals surface area (Å²) < 4.78 is 2.59. The highest BCUT2D eigenvalue weighted by Crippen LogP contribution is 2.56. The Hall–Kier alpha value is -8.48. The van der Waals surface area contributed by atoms with E-state index in [1.54, 1.807) is 0 Å². The van der Waals surface area contributed by atoms with Crippen molar-refractivity contribution in [3.05, 3.63) is 272 Å². The van der Waals surface area contributed by atoms with Crippen LogP contribution in [0.25, 0.3) is 60.9 Å². The van der Waals surface area contributed by atoms with E-state index in [0.29, 0.717) is 0 Å². The van der Waals surface area contributed by atoms with Crippen LogP contribution in [0.1, 0.15) is 25.0 Å². The largest absolute Gasteiger partial charge is 0.311 e. The molecule has 2 aliphatic rings. The minimum Gasteiger partial charge on any atom is -0.311 e. The molecule has 0 radical (unpaired) electrons. The number of anilines is 6. The third-order valence-electron chi connectivity index (χ3n) is 15.0. The fourth-order valence-electron chi connectivity index (χ4n) is 11.5. The highest BCUT2D eigenvalue weighted by Gasteiger charge is 2.39. The summed E-state index contributed by atoms with van der Waals surface area (Å²) in [6.45, 7) is 4.81. The van der Waals surface area contributed by atoms with E-state index in [-0.39, 0.29) is 5.41 Å². The third kappa shape index (κ3) is 7.37. The summed E-state index contributed by atoms with van der Waals surface area (Å²) in [4.78, 5) is 9.92. The van der Waals surface area contributed by atoms with Gasteiger partial charge in [0.05, 0.1) is 15.9 Å². The van der Waals surface area contributed by atoms with Crippen molar-refractivity contribution in [3.63, 3.8) is 0 Å². The van der Waals surface area contributed by atoms with Crippen LogP contribution < -0.4 is 9.80 Å². The van der Waals surface area contributed by atoms with Gasteiger partial charge in [-0.15, -0.1) is 0 Å². The number of aromatic nitrogens is 1. The molecule has 0 atom stereocenters. The average molecular weight is 984 g/mol. The quantitative estimate of drug-likeness (QED) is 0.143. The normalized spacial score (nSPS) is 13.0. The fraction of sp³-hybridized carbons (Fsp3) is 0.0435. The number of nitrogens with zero attached hydrogens (tertiary/aromatic N) is 3. The number of rotatable bonds is 9. The molecule has 0 spiro atoms. The minimum absolute atomic E-state index is 0.182. The molecule has 2 heterocycles. The Labute approximate surface area is 441 Å². The molecular formula is C69H49N3S2. The SMILES string of the molecule is CC1(C)c2ccccc2-c2ccc3c4ccc5c(c4n(-c4ccc(-c6ccc(N(c7ccc(-c8ccccc8)cc7)c7ccc(N(c8ccccc8)c8ccccc8)cc7)cc6)cc4)c3c21)Sc1ccccc1S5. The second-order valence-corrected chi connectivity index (χ2v) is 21.8. The van der Waals surface area contributed by atoms with Gasteiger partial charge in [0.2, 0.25) is 0 Å². The molecule has 0 bridgehead atoms. The van der Waals surface area contributed by atoms with E-state index in [1.807, 2.05) is 23.5 Å². The van der Waals surface area contributed by atoms with Crippen molar-refractivity contribution in [3.8, 4) is 39.1 Å². The molecule has 352 valence electrons. The van der Waals surface area contributed by atoms with Crippen molar-refractivity contribution in [2.75, 3.05) is 9.80 Å². The summed E-state index contributed by atoms with van der Waals surface area (Å²) in [6, 6.07) is 95.3. The van der Waals surface area contributed by atoms with Crippen LogP contribution in [0.15, 0.2) is 280 Å². The molecule has 0 unspecified atom stereocenters. The van der Waals surface area contributed by atoms with Crippen molar-refractivity contribution in [1.82, 2.24) is 4.57 Å². The maximum Gasteiger partial charge on any atom is 0.0692 e. The molecule has 0 amide bonds. The molecule has 5 heteroatoms. The van der Waals surface area contributed by atoms with E-state index in [1.165, 1.54) is 80.3 Å². The van der Waals surface area contributed by atoms with E-state index in [4.69, 9.17) is 0 Å². The van der Waals surface area contributed by atoms with E-state index in [2.05, 4.69) is 289 Å². The predicted molar refractivity (Wildman–Crippen MR) is 313 cm³/mol. The van der Waals surface area contributed by atoms with Crippen molar-refractivity contribution in [2.45, 2.75) is 38.8 Å². The lowest BCUT2D eigenvalue weighted by Crippen LogP contribution is -2.16. The number of para-hydroxylation sites is 2. The molecule has 0 N–H and O–H groups in total. The number of hydrogen-bond acceptors (Lipinski definition) is 4. The van der Waals surface area contributed by atoms with Gasteiger partial charge < -0.3 is 14.4 Å². The van der Waals surface area contributed by atoms with Gasteiger partial charge in [0, 0.05) is 70.7 Å². The number of benzene rings is 11. The van der Waals surface area contributed by atoms with Crippen molar-refractivity contribution < 1.29 is 0 Å². The second kappa shape index (κ2) is 17.9. The Balaban J connectivity index is 0.855. The van der Waals surface area contributed by atoms with Gasteiger partial charge in [-0.25, -0.2) is 0 Å².